The van der Waals surface area contributed by atoms with Gasteiger partial charge in [0.1, 0.15) is 5.82 Å². The Labute approximate surface area is 160 Å². The summed E-state index contributed by atoms with van der Waals surface area (Å²) in [6.45, 7) is 0.289. The average molecular weight is 383 g/mol. The van der Waals surface area contributed by atoms with Gasteiger partial charge in [0, 0.05) is 18.4 Å². The van der Waals surface area contributed by atoms with Crippen LogP contribution in [0, 0.1) is 11.7 Å². The predicted octanol–water partition coefficient (Wildman–Crippen LogP) is 4.62. The number of hydrogen-bond donors (Lipinski definition) is 1. The summed E-state index contributed by atoms with van der Waals surface area (Å²) in [5.41, 5.74) is 1.13. The molecule has 4 rings (SSSR count). The van der Waals surface area contributed by atoms with E-state index in [-0.39, 0.29) is 29.8 Å². The van der Waals surface area contributed by atoms with Crippen molar-refractivity contribution in [3.8, 4) is 0 Å². The SMILES string of the molecule is O=C(Nc1ccc(F)cc1Cl)C1CC(=O)N(c2cccc3ccccc23)C1. The van der Waals surface area contributed by atoms with Crippen LogP contribution < -0.4 is 10.2 Å². The lowest BCUT2D eigenvalue weighted by atomic mass is 10.1. The molecule has 1 N–H and O–H groups in total. The Morgan fingerprint density at radius 1 is 1.11 bits per heavy atom. The molecular formula is C21H16ClFN2O2. The van der Waals surface area contributed by atoms with Crippen molar-refractivity contribution in [2.24, 2.45) is 5.92 Å². The Hall–Kier alpha value is -2.92. The molecule has 1 fully saturated rings. The largest absolute Gasteiger partial charge is 0.324 e. The fourth-order valence-corrected chi connectivity index (χ4v) is 3.60. The summed E-state index contributed by atoms with van der Waals surface area (Å²) in [7, 11) is 0. The monoisotopic (exact) mass is 382 g/mol. The summed E-state index contributed by atoms with van der Waals surface area (Å²) in [4.78, 5) is 26.8. The highest BCUT2D eigenvalue weighted by atomic mass is 35.5. The van der Waals surface area contributed by atoms with Gasteiger partial charge in [0.2, 0.25) is 11.8 Å². The first-order chi connectivity index (χ1) is 13.0. The molecule has 0 bridgehead atoms. The molecule has 136 valence electrons. The van der Waals surface area contributed by atoms with Gasteiger partial charge in [0.15, 0.2) is 0 Å². The zero-order valence-electron chi connectivity index (χ0n) is 14.3. The minimum absolute atomic E-state index is 0.100. The van der Waals surface area contributed by atoms with Crippen LogP contribution in [-0.2, 0) is 9.59 Å². The summed E-state index contributed by atoms with van der Waals surface area (Å²) in [5, 5.41) is 4.82. The first-order valence-corrected chi connectivity index (χ1v) is 8.95. The molecule has 3 aromatic carbocycles. The van der Waals surface area contributed by atoms with Crippen molar-refractivity contribution < 1.29 is 14.0 Å². The van der Waals surface area contributed by atoms with Crippen LogP contribution in [0.2, 0.25) is 5.02 Å². The van der Waals surface area contributed by atoms with Gasteiger partial charge in [-0.05, 0) is 29.7 Å². The van der Waals surface area contributed by atoms with Gasteiger partial charge in [-0.15, -0.1) is 0 Å². The van der Waals surface area contributed by atoms with Crippen molar-refractivity contribution >= 4 is 45.6 Å². The van der Waals surface area contributed by atoms with Gasteiger partial charge >= 0.3 is 0 Å². The second-order valence-electron chi connectivity index (χ2n) is 6.52. The summed E-state index contributed by atoms with van der Waals surface area (Å²) in [6.07, 6.45) is 0.119. The molecule has 1 saturated heterocycles. The first-order valence-electron chi connectivity index (χ1n) is 8.57. The lowest BCUT2D eigenvalue weighted by Crippen LogP contribution is -2.28. The van der Waals surface area contributed by atoms with E-state index in [9.17, 15) is 14.0 Å². The number of nitrogens with zero attached hydrogens (tertiary/aromatic N) is 1. The van der Waals surface area contributed by atoms with E-state index in [1.54, 1.807) is 4.90 Å². The molecule has 1 unspecified atom stereocenters. The zero-order chi connectivity index (χ0) is 19.0. The summed E-state index contributed by atoms with van der Waals surface area (Å²) >= 11 is 5.97. The molecule has 1 heterocycles. The molecule has 1 aliphatic rings. The maximum Gasteiger partial charge on any atom is 0.229 e. The molecule has 6 heteroatoms. The molecule has 27 heavy (non-hydrogen) atoms. The number of fused-ring (bicyclic) bond motifs is 1. The topological polar surface area (TPSA) is 49.4 Å². The Morgan fingerprint density at radius 3 is 2.70 bits per heavy atom. The smallest absolute Gasteiger partial charge is 0.229 e. The van der Waals surface area contributed by atoms with Crippen LogP contribution in [0.4, 0.5) is 15.8 Å². The van der Waals surface area contributed by atoms with Gasteiger partial charge in [-0.3, -0.25) is 9.59 Å². The third kappa shape index (κ3) is 3.38. The van der Waals surface area contributed by atoms with Gasteiger partial charge in [-0.2, -0.15) is 0 Å². The van der Waals surface area contributed by atoms with Gasteiger partial charge in [0.05, 0.1) is 22.3 Å². The molecule has 0 radical (unpaired) electrons. The van der Waals surface area contributed by atoms with E-state index >= 15 is 0 Å². The van der Waals surface area contributed by atoms with Crippen LogP contribution in [0.5, 0.6) is 0 Å². The van der Waals surface area contributed by atoms with Crippen LogP contribution in [0.25, 0.3) is 10.8 Å². The Bertz CT molecular complexity index is 1050. The fraction of sp³-hybridized carbons (Fsp3) is 0.143. The van der Waals surface area contributed by atoms with E-state index < -0.39 is 11.7 Å². The first kappa shape index (κ1) is 17.5. The Balaban J connectivity index is 1.56. The second kappa shape index (κ2) is 7.00. The third-order valence-electron chi connectivity index (χ3n) is 4.74. The molecule has 2 amide bonds. The lowest BCUT2D eigenvalue weighted by Gasteiger charge is -2.19. The zero-order valence-corrected chi connectivity index (χ0v) is 15.0. The van der Waals surface area contributed by atoms with E-state index in [0.29, 0.717) is 5.69 Å². The highest BCUT2D eigenvalue weighted by molar-refractivity contribution is 6.33. The standard InChI is InChI=1S/C21H16ClFN2O2/c22-17-11-15(23)8-9-18(17)24-21(27)14-10-20(26)25(12-14)19-7-3-5-13-4-1-2-6-16(13)19/h1-9,11,14H,10,12H2,(H,24,27). The quantitative estimate of drug-likeness (QED) is 0.718. The van der Waals surface area contributed by atoms with E-state index in [4.69, 9.17) is 11.6 Å². The van der Waals surface area contributed by atoms with Crippen molar-refractivity contribution in [3.63, 3.8) is 0 Å². The lowest BCUT2D eigenvalue weighted by molar-refractivity contribution is -0.122. The molecular weight excluding hydrogens is 367 g/mol. The second-order valence-corrected chi connectivity index (χ2v) is 6.92. The number of nitrogens with one attached hydrogen (secondary N) is 1. The summed E-state index contributed by atoms with van der Waals surface area (Å²) < 4.78 is 13.2. The number of carbonyl (C=O) groups is 2. The van der Waals surface area contributed by atoms with Gasteiger partial charge in [-0.25, -0.2) is 4.39 Å². The molecule has 0 spiro atoms. The van der Waals surface area contributed by atoms with Crippen LogP contribution >= 0.6 is 11.6 Å². The number of amides is 2. The molecule has 1 atom stereocenters. The number of hydrogen-bond acceptors (Lipinski definition) is 2. The van der Waals surface area contributed by atoms with Crippen molar-refractivity contribution in [1.29, 1.82) is 0 Å². The summed E-state index contributed by atoms with van der Waals surface area (Å²) in [5.74, 6) is -1.38. The van der Waals surface area contributed by atoms with Gasteiger partial charge in [-0.1, -0.05) is 48.0 Å². The van der Waals surface area contributed by atoms with Crippen LogP contribution in [0.15, 0.2) is 60.7 Å². The molecule has 3 aromatic rings. The Morgan fingerprint density at radius 2 is 1.89 bits per heavy atom. The normalized spacial score (nSPS) is 16.7. The number of benzene rings is 3. The van der Waals surface area contributed by atoms with Crippen LogP contribution in [0.3, 0.4) is 0 Å². The van der Waals surface area contributed by atoms with E-state index in [1.807, 2.05) is 42.5 Å². The molecule has 0 saturated carbocycles. The number of carbonyl (C=O) groups excluding carboxylic acids is 2. The number of halogens is 2. The van der Waals surface area contributed by atoms with E-state index in [1.165, 1.54) is 12.1 Å². The molecule has 1 aliphatic heterocycles. The minimum Gasteiger partial charge on any atom is -0.324 e. The maximum absolute atomic E-state index is 13.2. The van der Waals surface area contributed by atoms with Crippen molar-refractivity contribution in [2.75, 3.05) is 16.8 Å². The highest BCUT2D eigenvalue weighted by Gasteiger charge is 2.35. The highest BCUT2D eigenvalue weighted by Crippen LogP contribution is 2.32. The third-order valence-corrected chi connectivity index (χ3v) is 5.05. The van der Waals surface area contributed by atoms with Gasteiger partial charge in [0.25, 0.3) is 0 Å². The van der Waals surface area contributed by atoms with Crippen molar-refractivity contribution in [2.45, 2.75) is 6.42 Å². The molecule has 4 nitrogen and oxygen atoms in total. The minimum atomic E-state index is -0.502. The molecule has 0 aromatic heterocycles. The number of rotatable bonds is 3. The molecule has 0 aliphatic carbocycles. The number of anilines is 2. The van der Waals surface area contributed by atoms with E-state index in [2.05, 4.69) is 5.32 Å². The van der Waals surface area contributed by atoms with E-state index in [0.717, 1.165) is 22.5 Å². The average Bonchev–Trinajstić information content (AvgIpc) is 3.05. The van der Waals surface area contributed by atoms with Crippen LogP contribution in [0.1, 0.15) is 6.42 Å². The van der Waals surface area contributed by atoms with Crippen molar-refractivity contribution in [1.82, 2.24) is 0 Å². The summed E-state index contributed by atoms with van der Waals surface area (Å²) in [6, 6.07) is 17.4. The maximum atomic E-state index is 13.2. The van der Waals surface area contributed by atoms with Crippen molar-refractivity contribution in [3.05, 3.63) is 71.5 Å². The van der Waals surface area contributed by atoms with Gasteiger partial charge < -0.3 is 10.2 Å². The predicted molar refractivity (Wildman–Crippen MR) is 104 cm³/mol. The fourth-order valence-electron chi connectivity index (χ4n) is 3.39. The Kier molecular flexibility index (Phi) is 4.54. The van der Waals surface area contributed by atoms with Crippen LogP contribution in [-0.4, -0.2) is 18.4 Å².